The van der Waals surface area contributed by atoms with E-state index >= 15 is 0 Å². The summed E-state index contributed by atoms with van der Waals surface area (Å²) < 4.78 is 0. The summed E-state index contributed by atoms with van der Waals surface area (Å²) in [5.74, 6) is 0. The van der Waals surface area contributed by atoms with E-state index in [-0.39, 0.29) is 0 Å². The molecule has 0 unspecified atom stereocenters. The van der Waals surface area contributed by atoms with Crippen molar-refractivity contribution in [1.29, 1.82) is 0 Å². The summed E-state index contributed by atoms with van der Waals surface area (Å²) in [5, 5.41) is 0. The van der Waals surface area contributed by atoms with Gasteiger partial charge >= 0.3 is 0 Å². The number of allylic oxidation sites excluding steroid dienone is 6. The second kappa shape index (κ2) is 7.85. The van der Waals surface area contributed by atoms with Crippen LogP contribution in [0.5, 0.6) is 0 Å². The molecule has 1 aliphatic rings. The molecule has 71 valence electrons. The van der Waals surface area contributed by atoms with Gasteiger partial charge in [0.25, 0.3) is 0 Å². The van der Waals surface area contributed by atoms with Crippen LogP contribution < -0.4 is 0 Å². The van der Waals surface area contributed by atoms with Crippen LogP contribution in [0.3, 0.4) is 0 Å². The van der Waals surface area contributed by atoms with Gasteiger partial charge in [-0.2, -0.15) is 0 Å². The van der Waals surface area contributed by atoms with E-state index in [9.17, 15) is 0 Å². The topological polar surface area (TPSA) is 0 Å². The van der Waals surface area contributed by atoms with Crippen LogP contribution in [0.1, 0.15) is 38.5 Å². The second-order valence-corrected chi connectivity index (χ2v) is 3.39. The van der Waals surface area contributed by atoms with E-state index in [4.69, 9.17) is 0 Å². The smallest absolute Gasteiger partial charge is 0.0130 e. The van der Waals surface area contributed by atoms with Gasteiger partial charge < -0.3 is 0 Å². The molecule has 0 saturated heterocycles. The monoisotopic (exact) mass is 175 g/mol. The normalized spacial score (nSPS) is 27.7. The predicted octanol–water partition coefficient (Wildman–Crippen LogP) is 4.21. The lowest BCUT2D eigenvalue weighted by molar-refractivity contribution is 0.695. The zero-order valence-corrected chi connectivity index (χ0v) is 8.28. The zero-order valence-electron chi connectivity index (χ0n) is 8.28. The van der Waals surface area contributed by atoms with Crippen molar-refractivity contribution < 1.29 is 0 Å². The van der Waals surface area contributed by atoms with Gasteiger partial charge in [0.05, 0.1) is 0 Å². The Bertz CT molecular complexity index is 184. The maximum atomic E-state index is 2.30. The average molecular weight is 175 g/mol. The molecule has 0 aromatic heterocycles. The molecule has 0 N–H and O–H groups in total. The average Bonchev–Trinajstić information content (AvgIpc) is 2.18. The number of hydrogen-bond acceptors (Lipinski definition) is 0. The van der Waals surface area contributed by atoms with Crippen molar-refractivity contribution >= 4 is 0 Å². The molecule has 0 heterocycles. The summed E-state index contributed by atoms with van der Waals surface area (Å²) in [7, 11) is 0. The van der Waals surface area contributed by atoms with Crippen LogP contribution in [0.4, 0.5) is 0 Å². The first kappa shape index (κ1) is 10.3. The molecular formula is C13H19. The fourth-order valence-corrected chi connectivity index (χ4v) is 1.39. The van der Waals surface area contributed by atoms with Crippen molar-refractivity contribution in [2.75, 3.05) is 0 Å². The largest absolute Gasteiger partial charge is 0.0885 e. The van der Waals surface area contributed by atoms with Gasteiger partial charge in [-0.15, -0.1) is 0 Å². The Morgan fingerprint density at radius 2 is 1.46 bits per heavy atom. The van der Waals surface area contributed by atoms with Crippen LogP contribution in [0.2, 0.25) is 0 Å². The number of hydrogen-bond donors (Lipinski definition) is 0. The van der Waals surface area contributed by atoms with Gasteiger partial charge in [0, 0.05) is 0 Å². The minimum Gasteiger partial charge on any atom is -0.0885 e. The lowest BCUT2D eigenvalue weighted by Crippen LogP contribution is -1.74. The predicted molar refractivity (Wildman–Crippen MR) is 59.4 cm³/mol. The molecule has 0 spiro atoms. The summed E-state index contributed by atoms with van der Waals surface area (Å²) >= 11 is 0. The van der Waals surface area contributed by atoms with Crippen molar-refractivity contribution in [1.82, 2.24) is 0 Å². The molecule has 0 fully saturated rings. The second-order valence-electron chi connectivity index (χ2n) is 3.39. The quantitative estimate of drug-likeness (QED) is 0.484. The van der Waals surface area contributed by atoms with Crippen molar-refractivity contribution in [2.45, 2.75) is 38.5 Å². The highest BCUT2D eigenvalue weighted by molar-refractivity contribution is 5.09. The summed E-state index contributed by atoms with van der Waals surface area (Å²) in [5.41, 5.74) is 0. The van der Waals surface area contributed by atoms with Crippen molar-refractivity contribution in [3.8, 4) is 0 Å². The molecule has 0 atom stereocenters. The molecule has 0 bridgehead atoms. The Morgan fingerprint density at radius 3 is 2.38 bits per heavy atom. The minimum atomic E-state index is 1.07. The molecule has 13 heavy (non-hydrogen) atoms. The van der Waals surface area contributed by atoms with Crippen molar-refractivity contribution in [3.05, 3.63) is 42.9 Å². The minimum absolute atomic E-state index is 1.07. The van der Waals surface area contributed by atoms with Crippen LogP contribution in [0.25, 0.3) is 0 Å². The fraction of sp³-hybridized carbons (Fsp3) is 0.462. The lowest BCUT2D eigenvalue weighted by atomic mass is 10.1. The maximum Gasteiger partial charge on any atom is -0.0130 e. The Labute approximate surface area is 82.0 Å². The Morgan fingerprint density at radius 1 is 0.615 bits per heavy atom. The first-order valence-electron chi connectivity index (χ1n) is 5.30. The third kappa shape index (κ3) is 6.39. The molecule has 0 aliphatic heterocycles. The number of rotatable bonds is 0. The van der Waals surface area contributed by atoms with Gasteiger partial charge in [-0.05, 0) is 38.5 Å². The standard InChI is InChI=1S/C13H19/c1-2-4-6-8-10-12-13-11-9-7-5-3-1/h1-5,8,10H,6-7,9,11-13H2/b2-1+,5-3+,10-8+. The van der Waals surface area contributed by atoms with Crippen molar-refractivity contribution in [3.63, 3.8) is 0 Å². The van der Waals surface area contributed by atoms with Crippen LogP contribution in [0.15, 0.2) is 36.5 Å². The summed E-state index contributed by atoms with van der Waals surface area (Å²) in [6.45, 7) is 0. The third-order valence-electron chi connectivity index (χ3n) is 2.17. The summed E-state index contributed by atoms with van der Waals surface area (Å²) in [4.78, 5) is 0. The molecule has 0 nitrogen and oxygen atoms in total. The van der Waals surface area contributed by atoms with Crippen molar-refractivity contribution in [2.24, 2.45) is 0 Å². The molecule has 0 aromatic rings. The van der Waals surface area contributed by atoms with Gasteiger partial charge in [-0.25, -0.2) is 0 Å². The lowest BCUT2D eigenvalue weighted by Gasteiger charge is -1.94. The molecule has 0 aromatic carbocycles. The molecular weight excluding hydrogens is 156 g/mol. The molecule has 1 rings (SSSR count). The molecule has 0 saturated carbocycles. The SMILES string of the molecule is [CH]1/C=C/C=C/CCCCC/C=C/C1. The molecule has 0 heteroatoms. The van der Waals surface area contributed by atoms with Crippen LogP contribution in [0, 0.1) is 6.42 Å². The molecule has 1 aliphatic carbocycles. The van der Waals surface area contributed by atoms with Crippen LogP contribution >= 0.6 is 0 Å². The Balaban J connectivity index is 2.28. The van der Waals surface area contributed by atoms with Gasteiger partial charge in [0.1, 0.15) is 0 Å². The van der Waals surface area contributed by atoms with E-state index in [1.807, 2.05) is 0 Å². The van der Waals surface area contributed by atoms with Gasteiger partial charge in [0.2, 0.25) is 0 Å². The highest BCUT2D eigenvalue weighted by atomic mass is 13.9. The summed E-state index contributed by atoms with van der Waals surface area (Å²) in [6.07, 6.45) is 23.0. The fourth-order valence-electron chi connectivity index (χ4n) is 1.39. The van der Waals surface area contributed by atoms with Gasteiger partial charge in [-0.1, -0.05) is 42.9 Å². The van der Waals surface area contributed by atoms with E-state index in [1.54, 1.807) is 0 Å². The van der Waals surface area contributed by atoms with E-state index in [0.29, 0.717) is 0 Å². The molecule has 1 radical (unpaired) electrons. The first-order valence-corrected chi connectivity index (χ1v) is 5.30. The van der Waals surface area contributed by atoms with E-state index in [2.05, 4.69) is 42.9 Å². The van der Waals surface area contributed by atoms with Gasteiger partial charge in [-0.3, -0.25) is 0 Å². The highest BCUT2D eigenvalue weighted by Gasteiger charge is 1.86. The summed E-state index contributed by atoms with van der Waals surface area (Å²) in [6, 6.07) is 0. The van der Waals surface area contributed by atoms with E-state index in [0.717, 1.165) is 6.42 Å². The van der Waals surface area contributed by atoms with Gasteiger partial charge in [0.15, 0.2) is 0 Å². The Kier molecular flexibility index (Phi) is 6.22. The van der Waals surface area contributed by atoms with E-state index in [1.165, 1.54) is 32.1 Å². The highest BCUT2D eigenvalue weighted by Crippen LogP contribution is 2.06. The Hall–Kier alpha value is -0.780. The zero-order chi connectivity index (χ0) is 9.19. The van der Waals surface area contributed by atoms with Crippen LogP contribution in [-0.4, -0.2) is 0 Å². The van der Waals surface area contributed by atoms with E-state index < -0.39 is 0 Å². The van der Waals surface area contributed by atoms with Crippen LogP contribution in [-0.2, 0) is 0 Å². The first-order chi connectivity index (χ1) is 6.50. The third-order valence-corrected chi connectivity index (χ3v) is 2.17. The molecule has 0 amide bonds. The maximum absolute atomic E-state index is 2.30.